The minimum Gasteiger partial charge on any atom is -0.390 e. The summed E-state index contributed by atoms with van der Waals surface area (Å²) in [6.45, 7) is 9.42. The Morgan fingerprint density at radius 2 is 2.11 bits per heavy atom. The second kappa shape index (κ2) is 7.45. The summed E-state index contributed by atoms with van der Waals surface area (Å²) in [4.78, 5) is 2.21. The van der Waals surface area contributed by atoms with Gasteiger partial charge in [0.1, 0.15) is 12.2 Å². The van der Waals surface area contributed by atoms with Crippen molar-refractivity contribution in [2.75, 3.05) is 26.2 Å². The van der Waals surface area contributed by atoms with Gasteiger partial charge in [-0.2, -0.15) is 0 Å². The Kier molecular flexibility index (Phi) is 6.24. The van der Waals surface area contributed by atoms with Crippen molar-refractivity contribution in [2.45, 2.75) is 32.9 Å². The van der Waals surface area contributed by atoms with E-state index >= 15 is 0 Å². The number of hydrogen-bond donors (Lipinski definition) is 2. The molecule has 0 aliphatic rings. The smallest absolute Gasteiger partial charge is 0.149 e. The van der Waals surface area contributed by atoms with Crippen molar-refractivity contribution in [3.63, 3.8) is 0 Å². The molecular formula is C12H25N5O. The van der Waals surface area contributed by atoms with Gasteiger partial charge in [-0.05, 0) is 20.0 Å². The fourth-order valence-corrected chi connectivity index (χ4v) is 1.93. The Hall–Kier alpha value is -0.980. The molecule has 0 aliphatic heterocycles. The molecule has 1 aromatic heterocycles. The number of hydrogen-bond acceptors (Lipinski definition) is 5. The van der Waals surface area contributed by atoms with Crippen LogP contribution < -0.4 is 5.32 Å². The molecule has 0 aliphatic carbocycles. The highest BCUT2D eigenvalue weighted by atomic mass is 16.3. The van der Waals surface area contributed by atoms with E-state index in [-0.39, 0.29) is 12.1 Å². The van der Waals surface area contributed by atoms with Gasteiger partial charge in [0.25, 0.3) is 0 Å². The lowest BCUT2D eigenvalue weighted by Gasteiger charge is -2.23. The fraction of sp³-hybridized carbons (Fsp3) is 0.833. The van der Waals surface area contributed by atoms with Crippen LogP contribution in [0.15, 0.2) is 6.33 Å². The summed E-state index contributed by atoms with van der Waals surface area (Å²) >= 11 is 0. The van der Waals surface area contributed by atoms with Crippen LogP contribution in [-0.4, -0.2) is 57.1 Å². The van der Waals surface area contributed by atoms with Gasteiger partial charge < -0.3 is 19.9 Å². The molecule has 1 rings (SSSR count). The average molecular weight is 255 g/mol. The van der Waals surface area contributed by atoms with Crippen LogP contribution in [0.25, 0.3) is 0 Å². The molecule has 18 heavy (non-hydrogen) atoms. The third kappa shape index (κ3) is 4.36. The van der Waals surface area contributed by atoms with Gasteiger partial charge in [0.2, 0.25) is 0 Å². The van der Waals surface area contributed by atoms with Crippen molar-refractivity contribution in [1.29, 1.82) is 0 Å². The molecule has 0 saturated carbocycles. The van der Waals surface area contributed by atoms with E-state index in [1.54, 1.807) is 6.33 Å². The molecule has 1 heterocycles. The van der Waals surface area contributed by atoms with Crippen molar-refractivity contribution in [3.05, 3.63) is 12.2 Å². The van der Waals surface area contributed by atoms with Gasteiger partial charge in [0.15, 0.2) is 0 Å². The zero-order chi connectivity index (χ0) is 13.5. The van der Waals surface area contributed by atoms with E-state index in [2.05, 4.69) is 34.3 Å². The number of likely N-dealkylation sites (N-methyl/N-ethyl adjacent to an activating group) is 1. The predicted octanol–water partition coefficient (Wildman–Crippen LogP) is 0.168. The Morgan fingerprint density at radius 1 is 1.44 bits per heavy atom. The zero-order valence-corrected chi connectivity index (χ0v) is 11.8. The van der Waals surface area contributed by atoms with Crippen LogP contribution in [0.5, 0.6) is 0 Å². The first kappa shape index (κ1) is 15.1. The van der Waals surface area contributed by atoms with Gasteiger partial charge in [-0.15, -0.1) is 10.2 Å². The van der Waals surface area contributed by atoms with Crippen LogP contribution in [0.3, 0.4) is 0 Å². The third-order valence-corrected chi connectivity index (χ3v) is 3.16. The van der Waals surface area contributed by atoms with Gasteiger partial charge in [-0.3, -0.25) is 0 Å². The summed E-state index contributed by atoms with van der Waals surface area (Å²) in [6, 6.07) is 0.0869. The molecule has 2 unspecified atom stereocenters. The number of aryl methyl sites for hydroxylation is 1. The van der Waals surface area contributed by atoms with E-state index in [1.807, 2.05) is 18.5 Å². The maximum atomic E-state index is 9.95. The summed E-state index contributed by atoms with van der Waals surface area (Å²) in [6.07, 6.45) is 1.32. The lowest BCUT2D eigenvalue weighted by Crippen LogP contribution is -2.39. The fourth-order valence-electron chi connectivity index (χ4n) is 1.93. The molecule has 0 fully saturated rings. The standard InChI is InChI=1S/C12H25N5O/c1-5-17(6-2)8-11(18)7-13-10(3)12-15-14-9-16(12)4/h9-11,13,18H,5-8H2,1-4H3. The monoisotopic (exact) mass is 255 g/mol. The molecule has 0 radical (unpaired) electrons. The molecule has 0 saturated heterocycles. The van der Waals surface area contributed by atoms with Crippen molar-refractivity contribution in [2.24, 2.45) is 7.05 Å². The molecule has 0 amide bonds. The summed E-state index contributed by atoms with van der Waals surface area (Å²) in [7, 11) is 1.92. The highest BCUT2D eigenvalue weighted by Gasteiger charge is 2.14. The van der Waals surface area contributed by atoms with Gasteiger partial charge >= 0.3 is 0 Å². The number of nitrogens with one attached hydrogen (secondary N) is 1. The van der Waals surface area contributed by atoms with E-state index in [4.69, 9.17) is 0 Å². The van der Waals surface area contributed by atoms with Crippen LogP contribution in [-0.2, 0) is 7.05 Å². The van der Waals surface area contributed by atoms with E-state index in [1.165, 1.54) is 0 Å². The molecule has 104 valence electrons. The highest BCUT2D eigenvalue weighted by Crippen LogP contribution is 2.06. The third-order valence-electron chi connectivity index (χ3n) is 3.16. The first-order chi connectivity index (χ1) is 8.58. The van der Waals surface area contributed by atoms with Crippen molar-refractivity contribution < 1.29 is 5.11 Å². The number of nitrogens with zero attached hydrogens (tertiary/aromatic N) is 4. The van der Waals surface area contributed by atoms with Gasteiger partial charge in [0, 0.05) is 20.1 Å². The summed E-state index contributed by atoms with van der Waals surface area (Å²) in [5.74, 6) is 0.880. The number of rotatable bonds is 8. The average Bonchev–Trinajstić information content (AvgIpc) is 2.79. The van der Waals surface area contributed by atoms with Crippen LogP contribution >= 0.6 is 0 Å². The number of aromatic nitrogens is 3. The maximum Gasteiger partial charge on any atom is 0.149 e. The normalized spacial score (nSPS) is 15.0. The topological polar surface area (TPSA) is 66.2 Å². The van der Waals surface area contributed by atoms with E-state index in [9.17, 15) is 5.11 Å². The predicted molar refractivity (Wildman–Crippen MR) is 71.2 cm³/mol. The molecule has 2 N–H and O–H groups in total. The second-order valence-corrected chi connectivity index (χ2v) is 4.57. The lowest BCUT2D eigenvalue weighted by atomic mass is 10.2. The first-order valence-electron chi connectivity index (χ1n) is 6.56. The quantitative estimate of drug-likeness (QED) is 0.693. The Labute approximate surface area is 109 Å². The zero-order valence-electron chi connectivity index (χ0n) is 11.8. The molecule has 6 nitrogen and oxygen atoms in total. The maximum absolute atomic E-state index is 9.95. The van der Waals surface area contributed by atoms with Gasteiger partial charge in [0.05, 0.1) is 12.1 Å². The number of aliphatic hydroxyl groups excluding tert-OH is 1. The molecule has 6 heteroatoms. The summed E-state index contributed by atoms with van der Waals surface area (Å²) < 4.78 is 1.88. The van der Waals surface area contributed by atoms with Crippen LogP contribution in [0.4, 0.5) is 0 Å². The number of aliphatic hydroxyl groups is 1. The largest absolute Gasteiger partial charge is 0.390 e. The lowest BCUT2D eigenvalue weighted by molar-refractivity contribution is 0.114. The van der Waals surface area contributed by atoms with Crippen LogP contribution in [0.2, 0.25) is 0 Å². The molecule has 0 bridgehead atoms. The van der Waals surface area contributed by atoms with Crippen molar-refractivity contribution in [3.8, 4) is 0 Å². The molecule has 1 aromatic rings. The molecule has 0 aromatic carbocycles. The molecule has 0 spiro atoms. The SMILES string of the molecule is CCN(CC)CC(O)CNC(C)c1nncn1C. The van der Waals surface area contributed by atoms with Crippen LogP contribution in [0, 0.1) is 0 Å². The van der Waals surface area contributed by atoms with E-state index in [0.717, 1.165) is 18.9 Å². The van der Waals surface area contributed by atoms with Gasteiger partial charge in [-0.25, -0.2) is 0 Å². The van der Waals surface area contributed by atoms with Crippen molar-refractivity contribution >= 4 is 0 Å². The summed E-state index contributed by atoms with van der Waals surface area (Å²) in [5, 5.41) is 21.1. The first-order valence-corrected chi connectivity index (χ1v) is 6.56. The van der Waals surface area contributed by atoms with E-state index in [0.29, 0.717) is 13.1 Å². The van der Waals surface area contributed by atoms with Crippen molar-refractivity contribution in [1.82, 2.24) is 25.0 Å². The summed E-state index contributed by atoms with van der Waals surface area (Å²) in [5.41, 5.74) is 0. The Balaban J connectivity index is 2.34. The van der Waals surface area contributed by atoms with Gasteiger partial charge in [-0.1, -0.05) is 13.8 Å². The van der Waals surface area contributed by atoms with Crippen LogP contribution in [0.1, 0.15) is 32.6 Å². The molecule has 2 atom stereocenters. The Morgan fingerprint density at radius 3 is 2.61 bits per heavy atom. The second-order valence-electron chi connectivity index (χ2n) is 4.57. The highest BCUT2D eigenvalue weighted by molar-refractivity contribution is 4.92. The molecular weight excluding hydrogens is 230 g/mol. The van der Waals surface area contributed by atoms with E-state index < -0.39 is 0 Å². The minimum absolute atomic E-state index is 0.0869. The Bertz CT molecular complexity index is 337. The minimum atomic E-state index is -0.361.